The van der Waals surface area contributed by atoms with Gasteiger partial charge < -0.3 is 5.32 Å². The third-order valence-corrected chi connectivity index (χ3v) is 6.04. The van der Waals surface area contributed by atoms with Crippen LogP contribution in [0.4, 0.5) is 5.69 Å². The lowest BCUT2D eigenvalue weighted by atomic mass is 9.90. The topological polar surface area (TPSA) is 46.2 Å². The molecule has 0 aromatic heterocycles. The first-order valence-electron chi connectivity index (χ1n) is 7.22. The maximum atomic E-state index is 11.7. The number of aryl methyl sites for hydroxylation is 1. The molecule has 1 atom stereocenters. The fourth-order valence-corrected chi connectivity index (χ4v) is 4.91. The highest BCUT2D eigenvalue weighted by Gasteiger charge is 2.25. The number of fused-ring (bicyclic) bond motifs is 1. The summed E-state index contributed by atoms with van der Waals surface area (Å²) in [6.45, 7) is 0. The summed E-state index contributed by atoms with van der Waals surface area (Å²) in [5.74, 6) is 0.648. The monoisotopic (exact) mass is 279 g/mol. The molecule has 1 aromatic rings. The summed E-state index contributed by atoms with van der Waals surface area (Å²) in [6, 6.07) is 6.49. The molecular formula is C15H21NO2S. The molecule has 1 saturated heterocycles. The van der Waals surface area contributed by atoms with Crippen LogP contribution in [-0.4, -0.2) is 26.0 Å². The standard InChI is InChI=1S/C15H21NO2S/c17-19(18)10-4-7-13(11-19)16-15-9-3-6-12-5-1-2-8-14(12)15/h3,6,9,13,16H,1-2,4-5,7-8,10-11H2. The lowest BCUT2D eigenvalue weighted by molar-refractivity contribution is 0.561. The van der Waals surface area contributed by atoms with Gasteiger partial charge in [-0.3, -0.25) is 0 Å². The van der Waals surface area contributed by atoms with Gasteiger partial charge in [-0.15, -0.1) is 0 Å². The minimum atomic E-state index is -2.84. The number of hydrogen-bond donors (Lipinski definition) is 1. The quantitative estimate of drug-likeness (QED) is 0.905. The van der Waals surface area contributed by atoms with Gasteiger partial charge in [0, 0.05) is 11.7 Å². The van der Waals surface area contributed by atoms with Crippen LogP contribution in [0.15, 0.2) is 18.2 Å². The van der Waals surface area contributed by atoms with Crippen molar-refractivity contribution < 1.29 is 8.42 Å². The first-order chi connectivity index (χ1) is 9.14. The van der Waals surface area contributed by atoms with Crippen molar-refractivity contribution in [3.63, 3.8) is 0 Å². The van der Waals surface area contributed by atoms with Crippen LogP contribution in [-0.2, 0) is 22.7 Å². The van der Waals surface area contributed by atoms with Crippen LogP contribution in [0.2, 0.25) is 0 Å². The van der Waals surface area contributed by atoms with E-state index in [0.29, 0.717) is 5.75 Å². The largest absolute Gasteiger partial charge is 0.381 e. The Labute approximate surface area is 115 Å². The number of anilines is 1. The molecule has 0 saturated carbocycles. The minimum absolute atomic E-state index is 0.0900. The summed E-state index contributed by atoms with van der Waals surface area (Å²) in [6.07, 6.45) is 6.55. The van der Waals surface area contributed by atoms with E-state index in [0.717, 1.165) is 25.7 Å². The molecule has 0 spiro atoms. The van der Waals surface area contributed by atoms with E-state index >= 15 is 0 Å². The van der Waals surface area contributed by atoms with Crippen LogP contribution < -0.4 is 5.32 Å². The summed E-state index contributed by atoms with van der Waals surface area (Å²) in [7, 11) is -2.84. The van der Waals surface area contributed by atoms with Crippen LogP contribution in [0.3, 0.4) is 0 Å². The molecule has 104 valence electrons. The van der Waals surface area contributed by atoms with Gasteiger partial charge >= 0.3 is 0 Å². The maximum absolute atomic E-state index is 11.7. The Kier molecular flexibility index (Phi) is 3.52. The molecule has 0 bridgehead atoms. The van der Waals surface area contributed by atoms with Crippen molar-refractivity contribution in [1.82, 2.24) is 0 Å². The SMILES string of the molecule is O=S1(=O)CCCC(Nc2cccc3c2CCCC3)C1. The number of rotatable bonds is 2. The zero-order chi connectivity index (χ0) is 13.3. The van der Waals surface area contributed by atoms with Gasteiger partial charge in [0.15, 0.2) is 9.84 Å². The predicted molar refractivity (Wildman–Crippen MR) is 78.4 cm³/mol. The Bertz CT molecular complexity index is 566. The van der Waals surface area contributed by atoms with E-state index in [1.807, 2.05) is 0 Å². The second kappa shape index (κ2) is 5.16. The summed E-state index contributed by atoms with van der Waals surface area (Å²) >= 11 is 0. The van der Waals surface area contributed by atoms with Crippen molar-refractivity contribution in [3.8, 4) is 0 Å². The summed E-state index contributed by atoms with van der Waals surface area (Å²) < 4.78 is 23.4. The van der Waals surface area contributed by atoms with Gasteiger partial charge in [0.05, 0.1) is 11.5 Å². The number of hydrogen-bond acceptors (Lipinski definition) is 3. The number of sulfone groups is 1. The predicted octanol–water partition coefficient (Wildman–Crippen LogP) is 2.55. The maximum Gasteiger partial charge on any atom is 0.152 e. The van der Waals surface area contributed by atoms with Crippen LogP contribution in [0.1, 0.15) is 36.8 Å². The fourth-order valence-electron chi connectivity index (χ4n) is 3.27. The molecule has 1 aromatic carbocycles. The molecule has 1 N–H and O–H groups in total. The summed E-state index contributed by atoms with van der Waals surface area (Å²) in [5.41, 5.74) is 4.02. The lowest BCUT2D eigenvalue weighted by Crippen LogP contribution is -2.35. The van der Waals surface area contributed by atoms with Gasteiger partial charge in [-0.25, -0.2) is 8.42 Å². The highest BCUT2D eigenvalue weighted by atomic mass is 32.2. The second-order valence-corrected chi connectivity index (χ2v) is 7.98. The molecule has 3 nitrogen and oxygen atoms in total. The molecule has 3 rings (SSSR count). The minimum Gasteiger partial charge on any atom is -0.381 e. The van der Waals surface area contributed by atoms with Gasteiger partial charge in [0.1, 0.15) is 0 Å². The third-order valence-electron chi connectivity index (χ3n) is 4.22. The molecule has 1 fully saturated rings. The average Bonchev–Trinajstić information content (AvgIpc) is 2.38. The van der Waals surface area contributed by atoms with Crippen LogP contribution in [0.25, 0.3) is 0 Å². The molecule has 1 heterocycles. The lowest BCUT2D eigenvalue weighted by Gasteiger charge is -2.27. The zero-order valence-electron chi connectivity index (χ0n) is 11.2. The van der Waals surface area contributed by atoms with E-state index in [1.165, 1.54) is 29.7 Å². The van der Waals surface area contributed by atoms with Crippen molar-refractivity contribution in [2.45, 2.75) is 44.6 Å². The van der Waals surface area contributed by atoms with Crippen molar-refractivity contribution in [2.75, 3.05) is 16.8 Å². The van der Waals surface area contributed by atoms with E-state index in [4.69, 9.17) is 0 Å². The number of nitrogens with one attached hydrogen (secondary N) is 1. The van der Waals surface area contributed by atoms with Gasteiger partial charge in [-0.2, -0.15) is 0 Å². The molecule has 0 amide bonds. The van der Waals surface area contributed by atoms with E-state index in [1.54, 1.807) is 0 Å². The summed E-state index contributed by atoms with van der Waals surface area (Å²) in [5, 5.41) is 3.49. The van der Waals surface area contributed by atoms with Crippen molar-refractivity contribution in [3.05, 3.63) is 29.3 Å². The molecule has 1 aliphatic heterocycles. The first-order valence-corrected chi connectivity index (χ1v) is 9.04. The zero-order valence-corrected chi connectivity index (χ0v) is 12.0. The molecule has 2 aliphatic rings. The molecule has 0 radical (unpaired) electrons. The molecule has 4 heteroatoms. The smallest absolute Gasteiger partial charge is 0.152 e. The van der Waals surface area contributed by atoms with Crippen LogP contribution in [0, 0.1) is 0 Å². The van der Waals surface area contributed by atoms with E-state index < -0.39 is 9.84 Å². The van der Waals surface area contributed by atoms with Crippen LogP contribution >= 0.6 is 0 Å². The Hall–Kier alpha value is -1.03. The highest BCUT2D eigenvalue weighted by molar-refractivity contribution is 7.91. The van der Waals surface area contributed by atoms with E-state index in [9.17, 15) is 8.42 Å². The molecule has 1 aliphatic carbocycles. The highest BCUT2D eigenvalue weighted by Crippen LogP contribution is 2.29. The van der Waals surface area contributed by atoms with Crippen molar-refractivity contribution >= 4 is 15.5 Å². The molecule has 1 unspecified atom stereocenters. The second-order valence-electron chi connectivity index (χ2n) is 5.75. The van der Waals surface area contributed by atoms with Crippen molar-refractivity contribution in [1.29, 1.82) is 0 Å². The van der Waals surface area contributed by atoms with E-state index in [2.05, 4.69) is 23.5 Å². The van der Waals surface area contributed by atoms with Gasteiger partial charge in [0.25, 0.3) is 0 Å². The fraction of sp³-hybridized carbons (Fsp3) is 0.600. The summed E-state index contributed by atoms with van der Waals surface area (Å²) in [4.78, 5) is 0. The first kappa shape index (κ1) is 13.0. The molecule has 19 heavy (non-hydrogen) atoms. The Morgan fingerprint density at radius 3 is 2.79 bits per heavy atom. The van der Waals surface area contributed by atoms with Gasteiger partial charge in [0.2, 0.25) is 0 Å². The Balaban J connectivity index is 1.80. The van der Waals surface area contributed by atoms with Gasteiger partial charge in [-0.05, 0) is 55.7 Å². The van der Waals surface area contributed by atoms with E-state index in [-0.39, 0.29) is 11.8 Å². The third kappa shape index (κ3) is 2.94. The molecular weight excluding hydrogens is 258 g/mol. The Morgan fingerprint density at radius 1 is 1.11 bits per heavy atom. The normalized spacial score (nSPS) is 25.6. The number of benzene rings is 1. The average molecular weight is 279 g/mol. The van der Waals surface area contributed by atoms with Gasteiger partial charge in [-0.1, -0.05) is 12.1 Å². The van der Waals surface area contributed by atoms with Crippen molar-refractivity contribution in [2.24, 2.45) is 0 Å². The van der Waals surface area contributed by atoms with Crippen LogP contribution in [0.5, 0.6) is 0 Å². The Morgan fingerprint density at radius 2 is 1.95 bits per heavy atom.